The van der Waals surface area contributed by atoms with Crippen molar-refractivity contribution >= 4 is 0 Å². The van der Waals surface area contributed by atoms with Gasteiger partial charge in [-0.25, -0.2) is 0 Å². The summed E-state index contributed by atoms with van der Waals surface area (Å²) < 4.78 is 0. The highest BCUT2D eigenvalue weighted by Crippen LogP contribution is 2.60. The molecule has 0 aromatic rings. The molecule has 0 saturated heterocycles. The number of fused-ring (bicyclic) bond motifs is 1. The minimum Gasteiger partial charge on any atom is -0.393 e. The number of rotatable bonds is 4. The van der Waals surface area contributed by atoms with Gasteiger partial charge in [0.2, 0.25) is 0 Å². The Morgan fingerprint density at radius 3 is 2.44 bits per heavy atom. The fourth-order valence-electron chi connectivity index (χ4n) is 6.75. The number of aliphatic hydroxyl groups excluding tert-OH is 2. The Morgan fingerprint density at radius 2 is 1.81 bits per heavy atom. The quantitative estimate of drug-likeness (QED) is 0.396. The van der Waals surface area contributed by atoms with E-state index >= 15 is 0 Å². The Balaban J connectivity index is 1.80. The lowest BCUT2D eigenvalue weighted by atomic mass is 9.59. The second-order valence-corrected chi connectivity index (χ2v) is 11.4. The molecule has 7 unspecified atom stereocenters. The number of hydrogen-bond donors (Lipinski definition) is 3. The third kappa shape index (κ3) is 5.96. The maximum Gasteiger partial charge on any atom is 0.119 e. The molecule has 3 rings (SSSR count). The maximum atomic E-state index is 10.1. The van der Waals surface area contributed by atoms with E-state index in [0.717, 1.165) is 6.42 Å². The SMILES string of the molecule is CC=CC(C#CC(C)(C)O)C(C)C1CCC2C(=CC=C3CC(O)CC(O)C3)CCCC21C. The van der Waals surface area contributed by atoms with Crippen LogP contribution in [0, 0.1) is 40.9 Å². The van der Waals surface area contributed by atoms with Crippen LogP contribution < -0.4 is 0 Å². The summed E-state index contributed by atoms with van der Waals surface area (Å²) in [6.45, 7) is 10.4. The average Bonchev–Trinajstić information content (AvgIpc) is 3.05. The molecule has 3 fully saturated rings. The maximum absolute atomic E-state index is 10.1. The molecule has 0 aromatic heterocycles. The molecule has 32 heavy (non-hydrogen) atoms. The third-order valence-electron chi connectivity index (χ3n) is 8.26. The predicted octanol–water partition coefficient (Wildman–Crippen LogP) is 5.56. The van der Waals surface area contributed by atoms with Gasteiger partial charge >= 0.3 is 0 Å². The topological polar surface area (TPSA) is 60.7 Å². The van der Waals surface area contributed by atoms with E-state index < -0.39 is 17.8 Å². The molecule has 3 aliphatic rings. The predicted molar refractivity (Wildman–Crippen MR) is 132 cm³/mol. The number of allylic oxidation sites excluding steroid dienone is 5. The smallest absolute Gasteiger partial charge is 0.119 e. The zero-order valence-electron chi connectivity index (χ0n) is 20.8. The molecule has 0 bridgehead atoms. The highest BCUT2D eigenvalue weighted by Gasteiger charge is 2.51. The molecule has 0 radical (unpaired) electrons. The van der Waals surface area contributed by atoms with Crippen LogP contribution in [0.1, 0.15) is 86.0 Å². The normalized spacial score (nSPS) is 36.5. The molecular formula is C29H44O3. The Bertz CT molecular complexity index is 790. The van der Waals surface area contributed by atoms with Gasteiger partial charge < -0.3 is 15.3 Å². The highest BCUT2D eigenvalue weighted by atomic mass is 16.3. The first-order valence-corrected chi connectivity index (χ1v) is 12.7. The van der Waals surface area contributed by atoms with E-state index in [9.17, 15) is 15.3 Å². The van der Waals surface area contributed by atoms with Crippen molar-refractivity contribution < 1.29 is 15.3 Å². The average molecular weight is 441 g/mol. The van der Waals surface area contributed by atoms with E-state index in [1.54, 1.807) is 19.4 Å². The van der Waals surface area contributed by atoms with E-state index in [4.69, 9.17) is 0 Å². The van der Waals surface area contributed by atoms with Crippen molar-refractivity contribution in [3.8, 4) is 11.8 Å². The minimum atomic E-state index is -0.962. The molecule has 3 heteroatoms. The van der Waals surface area contributed by atoms with Crippen LogP contribution in [-0.4, -0.2) is 33.1 Å². The number of hydrogen-bond acceptors (Lipinski definition) is 3. The van der Waals surface area contributed by atoms with Gasteiger partial charge in [0, 0.05) is 5.92 Å². The van der Waals surface area contributed by atoms with Gasteiger partial charge in [-0.15, -0.1) is 0 Å². The lowest BCUT2D eigenvalue weighted by Gasteiger charge is -2.45. The lowest BCUT2D eigenvalue weighted by Crippen LogP contribution is -2.37. The van der Waals surface area contributed by atoms with Gasteiger partial charge in [-0.3, -0.25) is 0 Å². The van der Waals surface area contributed by atoms with Crippen LogP contribution in [-0.2, 0) is 0 Å². The van der Waals surface area contributed by atoms with Crippen LogP contribution in [0.4, 0.5) is 0 Å². The summed E-state index contributed by atoms with van der Waals surface area (Å²) >= 11 is 0. The first-order valence-electron chi connectivity index (χ1n) is 12.7. The van der Waals surface area contributed by atoms with Crippen molar-refractivity contribution in [3.63, 3.8) is 0 Å². The molecule has 3 aliphatic carbocycles. The van der Waals surface area contributed by atoms with Crippen LogP contribution in [0.2, 0.25) is 0 Å². The zero-order chi connectivity index (χ0) is 23.5. The fraction of sp³-hybridized carbons (Fsp3) is 0.724. The van der Waals surface area contributed by atoms with Gasteiger partial charge in [-0.2, -0.15) is 0 Å². The summed E-state index contributed by atoms with van der Waals surface area (Å²) in [5.41, 5.74) is 2.05. The Morgan fingerprint density at radius 1 is 1.12 bits per heavy atom. The standard InChI is InChI=1S/C29H44O3/c1-6-8-22(14-16-28(3,4)32)20(2)26-12-13-27-23(9-7-15-29(26,27)5)11-10-21-17-24(30)19-25(31)18-21/h6,8,10-11,20,22,24-27,30-32H,7,9,12-13,15,17-19H2,1-5H3. The molecule has 0 aliphatic heterocycles. The van der Waals surface area contributed by atoms with E-state index in [1.165, 1.54) is 31.3 Å². The lowest BCUT2D eigenvalue weighted by molar-refractivity contribution is 0.0609. The third-order valence-corrected chi connectivity index (χ3v) is 8.26. The second-order valence-electron chi connectivity index (χ2n) is 11.4. The Kier molecular flexibility index (Phi) is 8.13. The van der Waals surface area contributed by atoms with Crippen LogP contribution >= 0.6 is 0 Å². The summed E-state index contributed by atoms with van der Waals surface area (Å²) in [5, 5.41) is 30.1. The Labute approximate surface area is 195 Å². The molecule has 0 heterocycles. The minimum absolute atomic E-state index is 0.161. The molecule has 3 N–H and O–H groups in total. The Hall–Kier alpha value is -1.34. The first-order chi connectivity index (χ1) is 15.0. The van der Waals surface area contributed by atoms with Crippen molar-refractivity contribution in [1.29, 1.82) is 0 Å². The van der Waals surface area contributed by atoms with Crippen molar-refractivity contribution in [2.24, 2.45) is 29.1 Å². The van der Waals surface area contributed by atoms with Crippen molar-refractivity contribution in [2.45, 2.75) is 104 Å². The van der Waals surface area contributed by atoms with E-state index in [2.05, 4.69) is 56.9 Å². The summed E-state index contributed by atoms with van der Waals surface area (Å²) in [5.74, 6) is 8.26. The largest absolute Gasteiger partial charge is 0.393 e. The molecule has 178 valence electrons. The second kappa shape index (κ2) is 10.3. The number of aliphatic hydroxyl groups is 3. The summed E-state index contributed by atoms with van der Waals surface area (Å²) in [6, 6.07) is 0. The van der Waals surface area contributed by atoms with Crippen LogP contribution in [0.15, 0.2) is 35.5 Å². The van der Waals surface area contributed by atoms with Crippen molar-refractivity contribution in [1.82, 2.24) is 0 Å². The molecule has 3 nitrogen and oxygen atoms in total. The van der Waals surface area contributed by atoms with Crippen LogP contribution in [0.5, 0.6) is 0 Å². The van der Waals surface area contributed by atoms with Gasteiger partial charge in [0.15, 0.2) is 0 Å². The van der Waals surface area contributed by atoms with Gasteiger partial charge in [-0.05, 0) is 95.3 Å². The van der Waals surface area contributed by atoms with Gasteiger partial charge in [0.1, 0.15) is 5.60 Å². The monoisotopic (exact) mass is 440 g/mol. The summed E-state index contributed by atoms with van der Waals surface area (Å²) in [7, 11) is 0. The van der Waals surface area contributed by atoms with E-state index in [1.807, 2.05) is 0 Å². The fourth-order valence-corrected chi connectivity index (χ4v) is 6.75. The first kappa shape index (κ1) is 25.3. The molecular weight excluding hydrogens is 396 g/mol. The van der Waals surface area contributed by atoms with Crippen LogP contribution in [0.3, 0.4) is 0 Å². The van der Waals surface area contributed by atoms with Gasteiger partial charge in [0.05, 0.1) is 12.2 Å². The van der Waals surface area contributed by atoms with Gasteiger partial charge in [0.25, 0.3) is 0 Å². The van der Waals surface area contributed by atoms with Crippen molar-refractivity contribution in [3.05, 3.63) is 35.5 Å². The molecule has 0 amide bonds. The molecule has 0 spiro atoms. The van der Waals surface area contributed by atoms with E-state index in [0.29, 0.717) is 37.0 Å². The molecule has 0 aromatic carbocycles. The van der Waals surface area contributed by atoms with E-state index in [-0.39, 0.29) is 11.3 Å². The van der Waals surface area contributed by atoms with Crippen molar-refractivity contribution in [2.75, 3.05) is 0 Å². The van der Waals surface area contributed by atoms with Crippen LogP contribution in [0.25, 0.3) is 0 Å². The summed E-state index contributed by atoms with van der Waals surface area (Å²) in [4.78, 5) is 0. The molecule has 7 atom stereocenters. The molecule has 3 saturated carbocycles. The zero-order valence-corrected chi connectivity index (χ0v) is 20.8. The highest BCUT2D eigenvalue weighted by molar-refractivity contribution is 5.27. The summed E-state index contributed by atoms with van der Waals surface area (Å²) in [6.07, 6.45) is 16.0. The van der Waals surface area contributed by atoms with Gasteiger partial charge in [-0.1, -0.05) is 61.1 Å².